The summed E-state index contributed by atoms with van der Waals surface area (Å²) >= 11 is 3.44. The van der Waals surface area contributed by atoms with Crippen molar-refractivity contribution < 1.29 is 4.74 Å². The van der Waals surface area contributed by atoms with E-state index < -0.39 is 0 Å². The molecule has 0 atom stereocenters. The molecule has 22 heavy (non-hydrogen) atoms. The topological polar surface area (TPSA) is 47.0 Å². The van der Waals surface area contributed by atoms with Crippen molar-refractivity contribution in [2.24, 2.45) is 0 Å². The van der Waals surface area contributed by atoms with Crippen LogP contribution in [0.3, 0.4) is 0 Å². The lowest BCUT2D eigenvalue weighted by Gasteiger charge is -2.16. The fourth-order valence-corrected chi connectivity index (χ4v) is 2.47. The zero-order chi connectivity index (χ0) is 16.1. The van der Waals surface area contributed by atoms with E-state index in [1.54, 1.807) is 0 Å². The van der Waals surface area contributed by atoms with Gasteiger partial charge in [0.15, 0.2) is 0 Å². The number of nitrogens with one attached hydrogen (secondary N) is 1. The molecule has 1 aromatic heterocycles. The predicted molar refractivity (Wildman–Crippen MR) is 93.6 cm³/mol. The summed E-state index contributed by atoms with van der Waals surface area (Å²) in [5.41, 5.74) is 2.87. The van der Waals surface area contributed by atoms with Crippen molar-refractivity contribution in [3.63, 3.8) is 0 Å². The third kappa shape index (κ3) is 4.07. The minimum atomic E-state index is 0.568. The van der Waals surface area contributed by atoms with Crippen LogP contribution >= 0.6 is 15.9 Å². The summed E-state index contributed by atoms with van der Waals surface area (Å²) in [5, 5.41) is 3.36. The average molecular weight is 362 g/mol. The Bertz CT molecular complexity index is 668. The number of anilines is 1. The molecule has 0 saturated carbocycles. The summed E-state index contributed by atoms with van der Waals surface area (Å²) in [6, 6.07) is 8.17. The molecule has 0 aliphatic heterocycles. The number of ether oxygens (including phenoxy) is 1. The number of hydrogen-bond donors (Lipinski definition) is 1. The summed E-state index contributed by atoms with van der Waals surface area (Å²) < 4.78 is 6.60. The van der Waals surface area contributed by atoms with E-state index in [0.717, 1.165) is 27.4 Å². The molecule has 1 heterocycles. The standard InChI is InChI=1S/C17H20BrN3O/c1-5-22-12(3)16-11(2)20-13(4)21-17(16)19-10-14-6-8-15(18)9-7-14/h6-9H,3,5,10H2,1-2,4H3,(H,19,20,21). The van der Waals surface area contributed by atoms with Gasteiger partial charge in [-0.05, 0) is 38.5 Å². The molecule has 2 aromatic rings. The van der Waals surface area contributed by atoms with E-state index in [-0.39, 0.29) is 0 Å². The highest BCUT2D eigenvalue weighted by molar-refractivity contribution is 9.10. The minimum Gasteiger partial charge on any atom is -0.494 e. The van der Waals surface area contributed by atoms with E-state index in [0.29, 0.717) is 18.9 Å². The number of rotatable bonds is 6. The number of aryl methyl sites for hydroxylation is 2. The van der Waals surface area contributed by atoms with Gasteiger partial charge in [0.25, 0.3) is 0 Å². The first-order valence-corrected chi connectivity index (χ1v) is 7.96. The molecule has 116 valence electrons. The zero-order valence-corrected chi connectivity index (χ0v) is 14.7. The highest BCUT2D eigenvalue weighted by atomic mass is 79.9. The summed E-state index contributed by atoms with van der Waals surface area (Å²) in [5.74, 6) is 2.08. The molecule has 0 spiro atoms. The second-order valence-corrected chi connectivity index (χ2v) is 5.83. The molecule has 0 aliphatic rings. The van der Waals surface area contributed by atoms with Crippen LogP contribution in [-0.2, 0) is 11.3 Å². The van der Waals surface area contributed by atoms with Crippen LogP contribution in [0.1, 0.15) is 29.6 Å². The van der Waals surface area contributed by atoms with Gasteiger partial charge in [-0.3, -0.25) is 0 Å². The highest BCUT2D eigenvalue weighted by Gasteiger charge is 2.14. The second-order valence-electron chi connectivity index (χ2n) is 4.92. The first kappa shape index (κ1) is 16.5. The lowest BCUT2D eigenvalue weighted by Crippen LogP contribution is -2.09. The molecular weight excluding hydrogens is 342 g/mol. The fourth-order valence-electron chi connectivity index (χ4n) is 2.21. The van der Waals surface area contributed by atoms with Gasteiger partial charge in [0.1, 0.15) is 17.4 Å². The number of nitrogens with zero attached hydrogens (tertiary/aromatic N) is 2. The first-order valence-electron chi connectivity index (χ1n) is 7.17. The molecule has 0 bridgehead atoms. The summed E-state index contributed by atoms with van der Waals surface area (Å²) in [6.07, 6.45) is 0. The van der Waals surface area contributed by atoms with Crippen molar-refractivity contribution >= 4 is 27.5 Å². The minimum absolute atomic E-state index is 0.568. The summed E-state index contributed by atoms with van der Waals surface area (Å²) in [6.45, 7) is 11.0. The van der Waals surface area contributed by atoms with E-state index in [9.17, 15) is 0 Å². The fraction of sp³-hybridized carbons (Fsp3) is 0.294. The Balaban J connectivity index is 2.25. The van der Waals surface area contributed by atoms with Crippen LogP contribution in [0.15, 0.2) is 35.3 Å². The molecule has 5 heteroatoms. The number of hydrogen-bond acceptors (Lipinski definition) is 4. The Morgan fingerprint density at radius 2 is 1.91 bits per heavy atom. The predicted octanol–water partition coefficient (Wildman–Crippen LogP) is 4.48. The van der Waals surface area contributed by atoms with Gasteiger partial charge >= 0.3 is 0 Å². The second kappa shape index (κ2) is 7.40. The number of aromatic nitrogens is 2. The van der Waals surface area contributed by atoms with Crippen LogP contribution < -0.4 is 5.32 Å². The Kier molecular flexibility index (Phi) is 5.55. The van der Waals surface area contributed by atoms with Gasteiger partial charge in [0.2, 0.25) is 0 Å². The molecule has 4 nitrogen and oxygen atoms in total. The molecule has 0 radical (unpaired) electrons. The van der Waals surface area contributed by atoms with Crippen LogP contribution in [-0.4, -0.2) is 16.6 Å². The van der Waals surface area contributed by atoms with Gasteiger partial charge in [-0.25, -0.2) is 9.97 Å². The Morgan fingerprint density at radius 3 is 2.55 bits per heavy atom. The maximum atomic E-state index is 5.54. The quantitative estimate of drug-likeness (QED) is 0.770. The van der Waals surface area contributed by atoms with Gasteiger partial charge < -0.3 is 10.1 Å². The maximum Gasteiger partial charge on any atom is 0.141 e. The van der Waals surface area contributed by atoms with Crippen molar-refractivity contribution in [3.8, 4) is 0 Å². The Labute approximate surface area is 139 Å². The molecular formula is C17H20BrN3O. The normalized spacial score (nSPS) is 10.4. The van der Waals surface area contributed by atoms with Crippen molar-refractivity contribution in [2.45, 2.75) is 27.3 Å². The van der Waals surface area contributed by atoms with Gasteiger partial charge in [0.05, 0.1) is 17.9 Å². The lowest BCUT2D eigenvalue weighted by molar-refractivity contribution is 0.299. The summed E-state index contributed by atoms with van der Waals surface area (Å²) in [4.78, 5) is 8.90. The van der Waals surface area contributed by atoms with Crippen molar-refractivity contribution in [2.75, 3.05) is 11.9 Å². The largest absolute Gasteiger partial charge is 0.494 e. The van der Waals surface area contributed by atoms with Crippen LogP contribution in [0, 0.1) is 13.8 Å². The van der Waals surface area contributed by atoms with Crippen molar-refractivity contribution in [3.05, 3.63) is 58.0 Å². The molecule has 0 unspecified atom stereocenters. The molecule has 1 N–H and O–H groups in total. The lowest BCUT2D eigenvalue weighted by atomic mass is 10.1. The number of benzene rings is 1. The molecule has 1 aromatic carbocycles. The first-order chi connectivity index (χ1) is 10.5. The van der Waals surface area contributed by atoms with Crippen LogP contribution in [0.25, 0.3) is 5.76 Å². The molecule has 2 rings (SSSR count). The summed E-state index contributed by atoms with van der Waals surface area (Å²) in [7, 11) is 0. The van der Waals surface area contributed by atoms with Gasteiger partial charge in [0, 0.05) is 11.0 Å². The molecule has 0 saturated heterocycles. The SMILES string of the molecule is C=C(OCC)c1c(C)nc(C)nc1NCc1ccc(Br)cc1. The van der Waals surface area contributed by atoms with Crippen LogP contribution in [0.2, 0.25) is 0 Å². The van der Waals surface area contributed by atoms with Crippen molar-refractivity contribution in [1.29, 1.82) is 0 Å². The molecule has 0 fully saturated rings. The molecule has 0 amide bonds. The van der Waals surface area contributed by atoms with Crippen LogP contribution in [0.5, 0.6) is 0 Å². The Hall–Kier alpha value is -1.88. The van der Waals surface area contributed by atoms with Gasteiger partial charge in [-0.15, -0.1) is 0 Å². The van der Waals surface area contributed by atoms with Crippen molar-refractivity contribution in [1.82, 2.24) is 9.97 Å². The van der Waals surface area contributed by atoms with E-state index in [1.807, 2.05) is 32.9 Å². The third-order valence-electron chi connectivity index (χ3n) is 3.17. The van der Waals surface area contributed by atoms with E-state index in [2.05, 4.69) is 49.9 Å². The third-order valence-corrected chi connectivity index (χ3v) is 3.70. The average Bonchev–Trinajstić information content (AvgIpc) is 2.46. The van der Waals surface area contributed by atoms with Gasteiger partial charge in [-0.1, -0.05) is 34.6 Å². The van der Waals surface area contributed by atoms with Gasteiger partial charge in [-0.2, -0.15) is 0 Å². The smallest absolute Gasteiger partial charge is 0.141 e. The Morgan fingerprint density at radius 1 is 1.23 bits per heavy atom. The highest BCUT2D eigenvalue weighted by Crippen LogP contribution is 2.25. The zero-order valence-electron chi connectivity index (χ0n) is 13.1. The maximum absolute atomic E-state index is 5.54. The van der Waals surface area contributed by atoms with E-state index in [4.69, 9.17) is 4.74 Å². The van der Waals surface area contributed by atoms with Crippen LogP contribution in [0.4, 0.5) is 5.82 Å². The molecule has 0 aliphatic carbocycles. The van der Waals surface area contributed by atoms with E-state index >= 15 is 0 Å². The van der Waals surface area contributed by atoms with E-state index in [1.165, 1.54) is 5.56 Å². The monoisotopic (exact) mass is 361 g/mol. The number of halogens is 1.